The second kappa shape index (κ2) is 9.62. The zero-order valence-electron chi connectivity index (χ0n) is 19.5. The molecule has 0 spiro atoms. The summed E-state index contributed by atoms with van der Waals surface area (Å²) < 4.78 is 41.0. The number of carbonyl (C=O) groups is 2. The van der Waals surface area contributed by atoms with Gasteiger partial charge in [-0.2, -0.15) is 13.2 Å². The number of halogens is 3. The van der Waals surface area contributed by atoms with E-state index in [4.69, 9.17) is 0 Å². The summed E-state index contributed by atoms with van der Waals surface area (Å²) in [6.45, 7) is 2.62. The van der Waals surface area contributed by atoms with E-state index in [1.54, 1.807) is 22.9 Å². The van der Waals surface area contributed by atoms with Crippen molar-refractivity contribution in [3.05, 3.63) is 70.5 Å². The van der Waals surface area contributed by atoms with Gasteiger partial charge in [-0.3, -0.25) is 14.4 Å². The molecule has 0 saturated carbocycles. The molecule has 4 aromatic rings. The van der Waals surface area contributed by atoms with Crippen molar-refractivity contribution in [2.24, 2.45) is 5.92 Å². The number of carbonyl (C=O) groups excluding carboxylic acids is 2. The van der Waals surface area contributed by atoms with Gasteiger partial charge in [0.05, 0.1) is 22.6 Å². The molecule has 0 saturated heterocycles. The SMILES string of the molecule is CC(C)C(NC(=O)Cn1cc2[nH]c3c(C=O)c(=O)ccc3c2cc1-c1ccccc1)C(O)C(F)(F)F. The normalized spacial score (nSPS) is 13.8. The van der Waals surface area contributed by atoms with E-state index in [2.05, 4.69) is 10.3 Å². The lowest BCUT2D eigenvalue weighted by Crippen LogP contribution is -2.53. The molecule has 2 aromatic heterocycles. The maximum Gasteiger partial charge on any atom is 0.416 e. The molecule has 0 bridgehead atoms. The summed E-state index contributed by atoms with van der Waals surface area (Å²) >= 11 is 0. The molecule has 10 heteroatoms. The van der Waals surface area contributed by atoms with Crippen LogP contribution in [0.15, 0.2) is 59.5 Å². The molecule has 0 aliphatic rings. The Morgan fingerprint density at radius 2 is 1.83 bits per heavy atom. The first-order valence-electron chi connectivity index (χ1n) is 11.2. The Kier molecular flexibility index (Phi) is 6.73. The minimum absolute atomic E-state index is 0.0184. The quantitative estimate of drug-likeness (QED) is 0.334. The zero-order chi connectivity index (χ0) is 26.2. The summed E-state index contributed by atoms with van der Waals surface area (Å²) in [6.07, 6.45) is -5.50. The lowest BCUT2D eigenvalue weighted by atomic mass is 9.98. The topological polar surface area (TPSA) is 104 Å². The monoisotopic (exact) mass is 499 g/mol. The van der Waals surface area contributed by atoms with Gasteiger partial charge >= 0.3 is 6.18 Å². The summed E-state index contributed by atoms with van der Waals surface area (Å²) in [5.41, 5.74) is 1.78. The van der Waals surface area contributed by atoms with Crippen molar-refractivity contribution in [2.45, 2.75) is 38.7 Å². The summed E-state index contributed by atoms with van der Waals surface area (Å²) in [4.78, 5) is 39.6. The summed E-state index contributed by atoms with van der Waals surface area (Å²) in [7, 11) is 0. The number of nitrogens with one attached hydrogen (secondary N) is 2. The summed E-state index contributed by atoms with van der Waals surface area (Å²) in [5, 5.41) is 13.4. The number of amides is 1. The maximum absolute atomic E-state index is 13.1. The van der Waals surface area contributed by atoms with Gasteiger partial charge in [0, 0.05) is 22.7 Å². The zero-order valence-corrected chi connectivity index (χ0v) is 19.5. The molecule has 2 atom stereocenters. The van der Waals surface area contributed by atoms with Gasteiger partial charge in [0.25, 0.3) is 0 Å². The largest absolute Gasteiger partial charge is 0.416 e. The van der Waals surface area contributed by atoms with Gasteiger partial charge in [-0.05, 0) is 29.7 Å². The molecule has 2 heterocycles. The number of fused-ring (bicyclic) bond motifs is 3. The van der Waals surface area contributed by atoms with Crippen molar-refractivity contribution >= 4 is 34.0 Å². The van der Waals surface area contributed by atoms with E-state index in [0.29, 0.717) is 33.8 Å². The molecule has 188 valence electrons. The summed E-state index contributed by atoms with van der Waals surface area (Å²) in [6, 6.07) is 12.3. The molecule has 36 heavy (non-hydrogen) atoms. The van der Waals surface area contributed by atoms with Crippen molar-refractivity contribution in [3.8, 4) is 11.3 Å². The highest BCUT2D eigenvalue weighted by Crippen LogP contribution is 2.31. The molecular formula is C26H24F3N3O4. The van der Waals surface area contributed by atoms with Crippen LogP contribution in [0.1, 0.15) is 24.2 Å². The first-order chi connectivity index (χ1) is 17.0. The number of pyridine rings is 1. The predicted octanol–water partition coefficient (Wildman–Crippen LogP) is 4.03. The first-order valence-corrected chi connectivity index (χ1v) is 11.2. The van der Waals surface area contributed by atoms with Gasteiger partial charge in [0.15, 0.2) is 17.8 Å². The minimum atomic E-state index is -4.88. The van der Waals surface area contributed by atoms with Gasteiger partial charge in [-0.25, -0.2) is 0 Å². The van der Waals surface area contributed by atoms with Gasteiger partial charge in [0.1, 0.15) is 6.54 Å². The third-order valence-electron chi connectivity index (χ3n) is 6.14. The Bertz CT molecular complexity index is 1490. The fourth-order valence-corrected chi connectivity index (χ4v) is 4.31. The van der Waals surface area contributed by atoms with Crippen molar-refractivity contribution in [3.63, 3.8) is 0 Å². The molecule has 0 aliphatic carbocycles. The number of nitrogens with zero attached hydrogens (tertiary/aromatic N) is 1. The molecule has 2 unspecified atom stereocenters. The molecule has 0 aliphatic heterocycles. The van der Waals surface area contributed by atoms with E-state index in [1.807, 2.05) is 30.3 Å². The lowest BCUT2D eigenvalue weighted by Gasteiger charge is -2.29. The van der Waals surface area contributed by atoms with Crippen molar-refractivity contribution in [1.29, 1.82) is 0 Å². The highest BCUT2D eigenvalue weighted by atomic mass is 19.4. The average Bonchev–Trinajstić information content (AvgIpc) is 3.18. The molecule has 1 amide bonds. The van der Waals surface area contributed by atoms with Gasteiger partial charge in [-0.15, -0.1) is 0 Å². The standard InChI is InChI=1S/C26H24F3N3O4/c1-14(2)23(25(36)26(27,28)29)31-22(35)12-32-11-19-17(10-20(32)15-6-4-3-5-7-15)16-8-9-21(34)18(13-33)24(16)30-19/h3-11,13-14,23,25,30,36H,12H2,1-2H3,(H,31,35). The molecule has 4 rings (SSSR count). The Morgan fingerprint density at radius 1 is 1.14 bits per heavy atom. The molecule has 0 radical (unpaired) electrons. The van der Waals surface area contributed by atoms with Crippen LogP contribution in [0.2, 0.25) is 0 Å². The smallest absolute Gasteiger partial charge is 0.382 e. The lowest BCUT2D eigenvalue weighted by molar-refractivity contribution is -0.215. The Morgan fingerprint density at radius 3 is 2.44 bits per heavy atom. The minimum Gasteiger partial charge on any atom is -0.382 e. The van der Waals surface area contributed by atoms with E-state index >= 15 is 0 Å². The Balaban J connectivity index is 1.80. The maximum atomic E-state index is 13.1. The number of rotatable bonds is 7. The molecular weight excluding hydrogens is 475 g/mol. The molecule has 0 fully saturated rings. The summed E-state index contributed by atoms with van der Waals surface area (Å²) in [5.74, 6) is -1.39. The first kappa shape index (κ1) is 25.2. The number of aliphatic hydroxyl groups is 1. The third-order valence-corrected chi connectivity index (χ3v) is 6.14. The van der Waals surface area contributed by atoms with Crippen LogP contribution in [0.4, 0.5) is 13.2 Å². The van der Waals surface area contributed by atoms with Gasteiger partial charge < -0.3 is 20.0 Å². The fraction of sp³-hybridized carbons (Fsp3) is 0.269. The van der Waals surface area contributed by atoms with E-state index in [1.165, 1.54) is 19.9 Å². The van der Waals surface area contributed by atoms with Crippen LogP contribution in [-0.4, -0.2) is 45.2 Å². The third kappa shape index (κ3) is 4.76. The fourth-order valence-electron chi connectivity index (χ4n) is 4.31. The number of hydrogen-bond acceptors (Lipinski definition) is 4. The van der Waals surface area contributed by atoms with Crippen molar-refractivity contribution in [2.75, 3.05) is 0 Å². The van der Waals surface area contributed by atoms with E-state index < -0.39 is 35.6 Å². The Hall–Kier alpha value is -3.92. The van der Waals surface area contributed by atoms with Crippen LogP contribution in [0, 0.1) is 5.92 Å². The number of aromatic nitrogens is 2. The number of H-pyrrole nitrogens is 1. The van der Waals surface area contributed by atoms with Gasteiger partial charge in [-0.1, -0.05) is 44.2 Å². The van der Waals surface area contributed by atoms with Crippen LogP contribution < -0.4 is 10.7 Å². The number of aldehydes is 1. The van der Waals surface area contributed by atoms with Crippen molar-refractivity contribution in [1.82, 2.24) is 14.9 Å². The Labute approximate surface area is 203 Å². The number of alkyl halides is 3. The van der Waals surface area contributed by atoms with Crippen LogP contribution in [0.25, 0.3) is 33.1 Å². The molecule has 2 aromatic carbocycles. The van der Waals surface area contributed by atoms with Crippen LogP contribution in [-0.2, 0) is 11.3 Å². The molecule has 3 N–H and O–H groups in total. The average molecular weight is 499 g/mol. The number of benzene rings is 2. The number of aromatic amines is 1. The van der Waals surface area contributed by atoms with E-state index in [-0.39, 0.29) is 12.1 Å². The van der Waals surface area contributed by atoms with Crippen LogP contribution in [0.5, 0.6) is 0 Å². The van der Waals surface area contributed by atoms with E-state index in [0.717, 1.165) is 5.56 Å². The number of hydrogen-bond donors (Lipinski definition) is 3. The van der Waals surface area contributed by atoms with Gasteiger partial charge in [0.2, 0.25) is 5.91 Å². The van der Waals surface area contributed by atoms with Crippen molar-refractivity contribution < 1.29 is 27.9 Å². The van der Waals surface area contributed by atoms with Crippen LogP contribution >= 0.6 is 0 Å². The number of aliphatic hydroxyl groups excluding tert-OH is 1. The second-order valence-electron chi connectivity index (χ2n) is 8.95. The molecule has 7 nitrogen and oxygen atoms in total. The van der Waals surface area contributed by atoms with Crippen LogP contribution in [0.3, 0.4) is 0 Å². The highest BCUT2D eigenvalue weighted by Gasteiger charge is 2.45. The highest BCUT2D eigenvalue weighted by molar-refractivity contribution is 6.12. The predicted molar refractivity (Wildman–Crippen MR) is 130 cm³/mol. The second-order valence-corrected chi connectivity index (χ2v) is 8.95. The van der Waals surface area contributed by atoms with E-state index in [9.17, 15) is 32.7 Å².